The topological polar surface area (TPSA) is 0 Å². The standard InChI is InChI=1S/C20H30/c1-4-7-11-18-15-14-17(10-6-3)20(18)19-13-8-12-16(19)9-5-2/h8,12,14-15,17H,4-7,9-11,13H2,1-3H3. The lowest BCUT2D eigenvalue weighted by Gasteiger charge is -2.19. The van der Waals surface area contributed by atoms with E-state index in [0.29, 0.717) is 5.92 Å². The fraction of sp³-hybridized carbons (Fsp3) is 0.600. The molecule has 0 nitrogen and oxygen atoms in total. The Labute approximate surface area is 125 Å². The molecule has 20 heavy (non-hydrogen) atoms. The molecular formula is C20H30. The predicted molar refractivity (Wildman–Crippen MR) is 89.8 cm³/mol. The highest BCUT2D eigenvalue weighted by Crippen LogP contribution is 2.41. The molecule has 2 rings (SSSR count). The van der Waals surface area contributed by atoms with Crippen LogP contribution in [0.3, 0.4) is 0 Å². The summed E-state index contributed by atoms with van der Waals surface area (Å²) in [5, 5.41) is 0. The maximum atomic E-state index is 2.47. The lowest BCUT2D eigenvalue weighted by molar-refractivity contribution is 0.661. The van der Waals surface area contributed by atoms with E-state index in [1.54, 1.807) is 22.3 Å². The minimum Gasteiger partial charge on any atom is -0.0798 e. The summed E-state index contributed by atoms with van der Waals surface area (Å²) in [6, 6.07) is 0. The third-order valence-electron chi connectivity index (χ3n) is 4.52. The van der Waals surface area contributed by atoms with Gasteiger partial charge in [-0.3, -0.25) is 0 Å². The smallest absolute Gasteiger partial charge is 0.00267 e. The Morgan fingerprint density at radius 2 is 1.80 bits per heavy atom. The summed E-state index contributed by atoms with van der Waals surface area (Å²) in [6.45, 7) is 6.89. The van der Waals surface area contributed by atoms with Gasteiger partial charge in [-0.1, -0.05) is 64.3 Å². The monoisotopic (exact) mass is 270 g/mol. The molecule has 0 aliphatic heterocycles. The molecule has 0 radical (unpaired) electrons. The first-order valence-corrected chi connectivity index (χ1v) is 8.61. The Morgan fingerprint density at radius 1 is 0.950 bits per heavy atom. The molecule has 1 unspecified atom stereocenters. The number of hydrogen-bond donors (Lipinski definition) is 0. The zero-order valence-corrected chi connectivity index (χ0v) is 13.5. The zero-order chi connectivity index (χ0) is 14.4. The molecule has 0 saturated carbocycles. The minimum atomic E-state index is 0.689. The second kappa shape index (κ2) is 7.67. The first kappa shape index (κ1) is 15.4. The summed E-state index contributed by atoms with van der Waals surface area (Å²) >= 11 is 0. The molecule has 0 saturated heterocycles. The number of hydrogen-bond acceptors (Lipinski definition) is 0. The van der Waals surface area contributed by atoms with Crippen molar-refractivity contribution in [2.45, 2.75) is 72.1 Å². The summed E-state index contributed by atoms with van der Waals surface area (Å²) in [5.74, 6) is 0.689. The second-order valence-corrected chi connectivity index (χ2v) is 6.16. The van der Waals surface area contributed by atoms with Gasteiger partial charge in [0.15, 0.2) is 0 Å². The van der Waals surface area contributed by atoms with Crippen LogP contribution in [0, 0.1) is 5.92 Å². The molecular weight excluding hydrogens is 240 g/mol. The zero-order valence-electron chi connectivity index (χ0n) is 13.5. The van der Waals surface area contributed by atoms with Gasteiger partial charge < -0.3 is 0 Å². The quantitative estimate of drug-likeness (QED) is 0.471. The van der Waals surface area contributed by atoms with Crippen LogP contribution < -0.4 is 0 Å². The van der Waals surface area contributed by atoms with Crippen LogP contribution in [-0.2, 0) is 0 Å². The van der Waals surface area contributed by atoms with Crippen LogP contribution in [0.2, 0.25) is 0 Å². The van der Waals surface area contributed by atoms with E-state index in [2.05, 4.69) is 45.1 Å². The second-order valence-electron chi connectivity index (χ2n) is 6.16. The van der Waals surface area contributed by atoms with Crippen molar-refractivity contribution >= 4 is 0 Å². The maximum absolute atomic E-state index is 2.47. The largest absolute Gasteiger partial charge is 0.0798 e. The van der Waals surface area contributed by atoms with Crippen molar-refractivity contribution in [1.82, 2.24) is 0 Å². The van der Waals surface area contributed by atoms with Crippen molar-refractivity contribution < 1.29 is 0 Å². The Kier molecular flexibility index (Phi) is 5.88. The summed E-state index contributed by atoms with van der Waals surface area (Å²) in [4.78, 5) is 0. The fourth-order valence-electron chi connectivity index (χ4n) is 3.55. The molecule has 0 fully saturated rings. The van der Waals surface area contributed by atoms with E-state index >= 15 is 0 Å². The van der Waals surface area contributed by atoms with Gasteiger partial charge >= 0.3 is 0 Å². The Hall–Kier alpha value is -1.04. The van der Waals surface area contributed by atoms with Crippen LogP contribution in [0.25, 0.3) is 0 Å². The molecule has 1 atom stereocenters. The van der Waals surface area contributed by atoms with Crippen molar-refractivity contribution in [2.75, 3.05) is 0 Å². The van der Waals surface area contributed by atoms with Gasteiger partial charge in [-0.15, -0.1) is 0 Å². The molecule has 0 amide bonds. The van der Waals surface area contributed by atoms with Crippen molar-refractivity contribution in [3.05, 3.63) is 46.6 Å². The first-order valence-electron chi connectivity index (χ1n) is 8.61. The lowest BCUT2D eigenvalue weighted by atomic mass is 9.86. The van der Waals surface area contributed by atoms with Crippen LogP contribution in [0.4, 0.5) is 0 Å². The molecule has 0 spiro atoms. The normalized spacial score (nSPS) is 21.6. The lowest BCUT2D eigenvalue weighted by Crippen LogP contribution is -2.03. The average Bonchev–Trinajstić information content (AvgIpc) is 3.04. The van der Waals surface area contributed by atoms with Crippen molar-refractivity contribution in [1.29, 1.82) is 0 Å². The molecule has 110 valence electrons. The van der Waals surface area contributed by atoms with Gasteiger partial charge in [0.25, 0.3) is 0 Å². The first-order chi connectivity index (χ1) is 9.81. The van der Waals surface area contributed by atoms with Gasteiger partial charge in [0, 0.05) is 5.92 Å². The van der Waals surface area contributed by atoms with E-state index in [-0.39, 0.29) is 0 Å². The molecule has 0 heteroatoms. The van der Waals surface area contributed by atoms with Crippen molar-refractivity contribution in [2.24, 2.45) is 5.92 Å². The number of allylic oxidation sites excluding steroid dienone is 8. The van der Waals surface area contributed by atoms with Gasteiger partial charge in [0.2, 0.25) is 0 Å². The molecule has 2 aliphatic carbocycles. The van der Waals surface area contributed by atoms with Crippen LogP contribution in [0.15, 0.2) is 46.6 Å². The molecule has 2 aliphatic rings. The maximum Gasteiger partial charge on any atom is 0.00267 e. The highest BCUT2D eigenvalue weighted by molar-refractivity contribution is 5.54. The van der Waals surface area contributed by atoms with Crippen LogP contribution in [-0.4, -0.2) is 0 Å². The van der Waals surface area contributed by atoms with E-state index in [0.717, 1.165) is 0 Å². The summed E-state index contributed by atoms with van der Waals surface area (Å²) < 4.78 is 0. The Morgan fingerprint density at radius 3 is 2.50 bits per heavy atom. The van der Waals surface area contributed by atoms with Crippen LogP contribution in [0.1, 0.15) is 72.1 Å². The predicted octanol–water partition coefficient (Wildman–Crippen LogP) is 6.52. The van der Waals surface area contributed by atoms with Crippen molar-refractivity contribution in [3.63, 3.8) is 0 Å². The summed E-state index contributed by atoms with van der Waals surface area (Å²) in [6.07, 6.45) is 19.8. The van der Waals surface area contributed by atoms with Gasteiger partial charge in [0.1, 0.15) is 0 Å². The molecule has 0 aromatic carbocycles. The van der Waals surface area contributed by atoms with E-state index in [4.69, 9.17) is 0 Å². The SMILES string of the molecule is CCCCC1=C(C2=C(CCC)C=CC2)C(CCC)C=C1. The van der Waals surface area contributed by atoms with E-state index in [9.17, 15) is 0 Å². The molecule has 0 aromatic heterocycles. The third-order valence-corrected chi connectivity index (χ3v) is 4.52. The molecule has 0 heterocycles. The van der Waals surface area contributed by atoms with Crippen LogP contribution in [0.5, 0.6) is 0 Å². The Balaban J connectivity index is 2.29. The van der Waals surface area contributed by atoms with Crippen LogP contribution >= 0.6 is 0 Å². The fourth-order valence-corrected chi connectivity index (χ4v) is 3.55. The highest BCUT2D eigenvalue weighted by Gasteiger charge is 2.25. The molecule has 0 aromatic rings. The highest BCUT2D eigenvalue weighted by atomic mass is 14.3. The van der Waals surface area contributed by atoms with Gasteiger partial charge in [0.05, 0.1) is 0 Å². The van der Waals surface area contributed by atoms with Gasteiger partial charge in [-0.25, -0.2) is 0 Å². The van der Waals surface area contributed by atoms with Gasteiger partial charge in [-0.2, -0.15) is 0 Å². The number of unbranched alkanes of at least 4 members (excludes halogenated alkanes) is 1. The van der Waals surface area contributed by atoms with Gasteiger partial charge in [-0.05, 0) is 54.4 Å². The summed E-state index contributed by atoms with van der Waals surface area (Å²) in [7, 11) is 0. The Bertz CT molecular complexity index is 443. The minimum absolute atomic E-state index is 0.689. The van der Waals surface area contributed by atoms with E-state index in [1.807, 2.05) is 0 Å². The molecule has 0 N–H and O–H groups in total. The number of rotatable bonds is 8. The summed E-state index contributed by atoms with van der Waals surface area (Å²) in [5.41, 5.74) is 6.62. The third kappa shape index (κ3) is 3.34. The van der Waals surface area contributed by atoms with Crippen molar-refractivity contribution in [3.8, 4) is 0 Å². The van der Waals surface area contributed by atoms with E-state index in [1.165, 1.54) is 51.4 Å². The van der Waals surface area contributed by atoms with E-state index < -0.39 is 0 Å². The average molecular weight is 270 g/mol. The molecule has 0 bridgehead atoms.